The third-order valence-electron chi connectivity index (χ3n) is 3.93. The lowest BCUT2D eigenvalue weighted by molar-refractivity contribution is -0.137. The third kappa shape index (κ3) is 2.21. The molecule has 92 valence electrons. The van der Waals surface area contributed by atoms with Crippen LogP contribution in [0.2, 0.25) is 0 Å². The Morgan fingerprint density at radius 3 is 3.00 bits per heavy atom. The van der Waals surface area contributed by atoms with Crippen molar-refractivity contribution in [3.63, 3.8) is 0 Å². The van der Waals surface area contributed by atoms with E-state index in [1.165, 1.54) is 0 Å². The molecule has 3 N–H and O–H groups in total. The van der Waals surface area contributed by atoms with Gasteiger partial charge in [0.2, 0.25) is 0 Å². The Labute approximate surface area is 95.4 Å². The predicted molar refractivity (Wildman–Crippen MR) is 59.2 cm³/mol. The molecule has 0 bridgehead atoms. The summed E-state index contributed by atoms with van der Waals surface area (Å²) in [6.07, 6.45) is 0.947. The molecule has 0 aromatic carbocycles. The van der Waals surface area contributed by atoms with Crippen molar-refractivity contribution in [3.8, 4) is 0 Å². The number of carboxylic acids is 1. The van der Waals surface area contributed by atoms with E-state index in [4.69, 9.17) is 5.11 Å². The Balaban J connectivity index is 1.81. The van der Waals surface area contributed by atoms with Crippen LogP contribution in [0.25, 0.3) is 0 Å². The fourth-order valence-electron chi connectivity index (χ4n) is 2.98. The number of nitrogens with one attached hydrogen (secondary N) is 1. The smallest absolute Gasteiger partial charge is 0.303 e. The molecule has 0 aromatic heterocycles. The van der Waals surface area contributed by atoms with Gasteiger partial charge in [-0.05, 0) is 25.4 Å². The van der Waals surface area contributed by atoms with Crippen molar-refractivity contribution in [3.05, 3.63) is 0 Å². The molecular formula is C11H20N2O3. The fourth-order valence-corrected chi connectivity index (χ4v) is 2.98. The molecule has 2 heterocycles. The van der Waals surface area contributed by atoms with E-state index in [9.17, 15) is 9.90 Å². The van der Waals surface area contributed by atoms with E-state index in [1.54, 1.807) is 0 Å². The van der Waals surface area contributed by atoms with Gasteiger partial charge < -0.3 is 20.4 Å². The lowest BCUT2D eigenvalue weighted by Gasteiger charge is -2.25. The molecule has 5 heteroatoms. The van der Waals surface area contributed by atoms with Crippen molar-refractivity contribution in [2.24, 2.45) is 11.3 Å². The van der Waals surface area contributed by atoms with Crippen molar-refractivity contribution >= 4 is 5.97 Å². The number of hydrogen-bond donors (Lipinski definition) is 3. The van der Waals surface area contributed by atoms with Gasteiger partial charge in [-0.3, -0.25) is 4.79 Å². The Morgan fingerprint density at radius 1 is 1.56 bits per heavy atom. The summed E-state index contributed by atoms with van der Waals surface area (Å²) in [6.45, 7) is 4.85. The van der Waals surface area contributed by atoms with Crippen molar-refractivity contribution in [2.75, 3.05) is 39.3 Å². The van der Waals surface area contributed by atoms with E-state index in [0.29, 0.717) is 12.3 Å². The number of aliphatic hydroxyl groups excluding tert-OH is 1. The predicted octanol–water partition coefficient (Wildman–Crippen LogP) is -0.635. The van der Waals surface area contributed by atoms with Gasteiger partial charge in [-0.2, -0.15) is 0 Å². The molecule has 2 unspecified atom stereocenters. The number of aliphatic carboxylic acids is 1. The fraction of sp³-hybridized carbons (Fsp3) is 0.909. The molecule has 2 aliphatic rings. The highest BCUT2D eigenvalue weighted by molar-refractivity contribution is 5.66. The zero-order valence-electron chi connectivity index (χ0n) is 9.48. The van der Waals surface area contributed by atoms with Crippen LogP contribution in [-0.4, -0.2) is 60.4 Å². The number of likely N-dealkylation sites (tertiary alicyclic amines) is 1. The van der Waals surface area contributed by atoms with Crippen LogP contribution in [0.1, 0.15) is 12.8 Å². The number of carboxylic acid groups (broad SMARTS) is 1. The van der Waals surface area contributed by atoms with E-state index in [-0.39, 0.29) is 18.4 Å². The second-order valence-electron chi connectivity index (χ2n) is 5.08. The van der Waals surface area contributed by atoms with Gasteiger partial charge in [-0.25, -0.2) is 0 Å². The van der Waals surface area contributed by atoms with Crippen molar-refractivity contribution < 1.29 is 15.0 Å². The topological polar surface area (TPSA) is 72.8 Å². The molecular weight excluding hydrogens is 208 g/mol. The van der Waals surface area contributed by atoms with E-state index in [1.807, 2.05) is 0 Å². The molecule has 0 amide bonds. The maximum atomic E-state index is 10.4. The molecule has 0 radical (unpaired) electrons. The zero-order chi connectivity index (χ0) is 11.6. The summed E-state index contributed by atoms with van der Waals surface area (Å²) in [5.41, 5.74) is 0.0310. The Hall–Kier alpha value is -0.650. The monoisotopic (exact) mass is 228 g/mol. The molecule has 2 atom stereocenters. The SMILES string of the molecule is O=C(O)CCCN1CC2CNCC2(CO)C1. The number of aliphatic hydroxyl groups is 1. The Bertz CT molecular complexity index is 272. The average Bonchev–Trinajstić information content (AvgIpc) is 2.73. The lowest BCUT2D eigenvalue weighted by atomic mass is 9.82. The van der Waals surface area contributed by atoms with E-state index >= 15 is 0 Å². The highest BCUT2D eigenvalue weighted by atomic mass is 16.4. The quantitative estimate of drug-likeness (QED) is 0.584. The number of nitrogens with zero attached hydrogens (tertiary/aromatic N) is 1. The summed E-state index contributed by atoms with van der Waals surface area (Å²) in [5.74, 6) is -0.194. The second kappa shape index (κ2) is 4.69. The first-order valence-electron chi connectivity index (χ1n) is 5.92. The summed E-state index contributed by atoms with van der Waals surface area (Å²) in [6, 6.07) is 0. The van der Waals surface area contributed by atoms with Gasteiger partial charge >= 0.3 is 5.97 Å². The van der Waals surface area contributed by atoms with Gasteiger partial charge in [-0.15, -0.1) is 0 Å². The van der Waals surface area contributed by atoms with Crippen LogP contribution in [-0.2, 0) is 4.79 Å². The molecule has 2 aliphatic heterocycles. The average molecular weight is 228 g/mol. The molecule has 5 nitrogen and oxygen atoms in total. The maximum Gasteiger partial charge on any atom is 0.303 e. The van der Waals surface area contributed by atoms with Gasteiger partial charge in [0.1, 0.15) is 0 Å². The number of fused-ring (bicyclic) bond motifs is 1. The molecule has 2 saturated heterocycles. The van der Waals surface area contributed by atoms with Gasteiger partial charge in [0.15, 0.2) is 0 Å². The standard InChI is InChI=1S/C11H20N2O3/c14-8-11-6-12-4-9(11)5-13(7-11)3-1-2-10(15)16/h9,12,14H,1-8H2,(H,15,16). The van der Waals surface area contributed by atoms with Crippen LogP contribution in [0.3, 0.4) is 0 Å². The summed E-state index contributed by atoms with van der Waals surface area (Å²) in [5, 5.41) is 21.4. The van der Waals surface area contributed by atoms with Crippen LogP contribution >= 0.6 is 0 Å². The number of hydrogen-bond acceptors (Lipinski definition) is 4. The number of carbonyl (C=O) groups is 1. The number of rotatable bonds is 5. The normalized spacial score (nSPS) is 34.2. The first-order chi connectivity index (χ1) is 7.66. The molecule has 0 aliphatic carbocycles. The second-order valence-corrected chi connectivity index (χ2v) is 5.08. The molecule has 0 spiro atoms. The first kappa shape index (κ1) is 11.8. The largest absolute Gasteiger partial charge is 0.481 e. The summed E-state index contributed by atoms with van der Waals surface area (Å²) in [4.78, 5) is 12.7. The van der Waals surface area contributed by atoms with Gasteiger partial charge in [-0.1, -0.05) is 0 Å². The molecule has 0 saturated carbocycles. The highest BCUT2D eigenvalue weighted by Crippen LogP contribution is 2.38. The summed E-state index contributed by atoms with van der Waals surface area (Å²) in [7, 11) is 0. The van der Waals surface area contributed by atoms with E-state index in [2.05, 4.69) is 10.2 Å². The molecule has 0 aromatic rings. The minimum atomic E-state index is -0.724. The van der Waals surface area contributed by atoms with Crippen molar-refractivity contribution in [2.45, 2.75) is 12.8 Å². The van der Waals surface area contributed by atoms with Crippen LogP contribution in [0.15, 0.2) is 0 Å². The van der Waals surface area contributed by atoms with Crippen molar-refractivity contribution in [1.82, 2.24) is 10.2 Å². The Kier molecular flexibility index (Phi) is 3.47. The van der Waals surface area contributed by atoms with E-state index in [0.717, 1.165) is 32.7 Å². The molecule has 2 fully saturated rings. The van der Waals surface area contributed by atoms with Gasteiger partial charge in [0.25, 0.3) is 0 Å². The summed E-state index contributed by atoms with van der Waals surface area (Å²) < 4.78 is 0. The van der Waals surface area contributed by atoms with Crippen LogP contribution in [0.5, 0.6) is 0 Å². The van der Waals surface area contributed by atoms with Crippen molar-refractivity contribution in [1.29, 1.82) is 0 Å². The van der Waals surface area contributed by atoms with Gasteiger partial charge in [0, 0.05) is 31.5 Å². The highest BCUT2D eigenvalue weighted by Gasteiger charge is 2.48. The first-order valence-corrected chi connectivity index (χ1v) is 5.92. The minimum absolute atomic E-state index is 0.0310. The minimum Gasteiger partial charge on any atom is -0.481 e. The van der Waals surface area contributed by atoms with Crippen LogP contribution in [0.4, 0.5) is 0 Å². The lowest BCUT2D eigenvalue weighted by Crippen LogP contribution is -2.36. The molecule has 2 rings (SSSR count). The summed E-state index contributed by atoms with van der Waals surface area (Å²) >= 11 is 0. The third-order valence-corrected chi connectivity index (χ3v) is 3.93. The van der Waals surface area contributed by atoms with Gasteiger partial charge in [0.05, 0.1) is 6.61 Å². The van der Waals surface area contributed by atoms with E-state index < -0.39 is 5.97 Å². The Morgan fingerprint density at radius 2 is 2.38 bits per heavy atom. The maximum absolute atomic E-state index is 10.4. The van der Waals surface area contributed by atoms with Crippen LogP contribution in [0, 0.1) is 11.3 Å². The van der Waals surface area contributed by atoms with Crippen LogP contribution < -0.4 is 5.32 Å². The zero-order valence-corrected chi connectivity index (χ0v) is 9.48. The molecule has 16 heavy (non-hydrogen) atoms.